The first-order valence-electron chi connectivity index (χ1n) is 11.2. The number of aliphatic imine (C=N–C) groups is 1. The largest absolute Gasteiger partial charge is 0.378 e. The van der Waals surface area contributed by atoms with E-state index in [1.807, 2.05) is 7.05 Å². The van der Waals surface area contributed by atoms with Crippen molar-refractivity contribution < 1.29 is 4.74 Å². The molecule has 0 radical (unpaired) electrons. The van der Waals surface area contributed by atoms with Crippen molar-refractivity contribution in [2.24, 2.45) is 4.99 Å². The summed E-state index contributed by atoms with van der Waals surface area (Å²) in [5, 5.41) is 7.11. The van der Waals surface area contributed by atoms with Gasteiger partial charge in [0.05, 0.1) is 6.10 Å². The van der Waals surface area contributed by atoms with Crippen molar-refractivity contribution in [1.82, 2.24) is 15.5 Å². The third-order valence-corrected chi connectivity index (χ3v) is 6.18. The van der Waals surface area contributed by atoms with Gasteiger partial charge in [0.1, 0.15) is 0 Å². The molecule has 0 unspecified atom stereocenters. The molecule has 0 spiro atoms. The quantitative estimate of drug-likeness (QED) is 0.222. The van der Waals surface area contributed by atoms with Crippen molar-refractivity contribution in [2.75, 3.05) is 33.3 Å². The maximum atomic E-state index is 6.00. The summed E-state index contributed by atoms with van der Waals surface area (Å²) in [5.41, 5.74) is 0. The molecule has 2 saturated carbocycles. The van der Waals surface area contributed by atoms with Gasteiger partial charge in [-0.2, -0.15) is 0 Å². The number of piperidine rings is 1. The number of unbranched alkanes of at least 4 members (excludes halogenated alkanes) is 2. The van der Waals surface area contributed by atoms with E-state index in [-0.39, 0.29) is 24.0 Å². The standard InChI is InChI=1S/C21H40N4O.HI/c1-22-21(24-18-12-15-25(16-13-18)19-10-11-19)23-14-6-3-7-17-26-20-8-4-2-5-9-20;/h18-20H,2-17H2,1H3,(H2,22,23,24);1H. The molecule has 27 heavy (non-hydrogen) atoms. The molecule has 2 aliphatic carbocycles. The molecule has 0 bridgehead atoms. The highest BCUT2D eigenvalue weighted by Gasteiger charge is 2.31. The van der Waals surface area contributed by atoms with E-state index in [9.17, 15) is 0 Å². The van der Waals surface area contributed by atoms with Crippen LogP contribution >= 0.6 is 24.0 Å². The molecule has 1 aliphatic heterocycles. The molecule has 0 aromatic rings. The summed E-state index contributed by atoms with van der Waals surface area (Å²) in [6, 6.07) is 1.50. The maximum absolute atomic E-state index is 6.00. The van der Waals surface area contributed by atoms with E-state index < -0.39 is 0 Å². The average Bonchev–Trinajstić information content (AvgIpc) is 3.53. The summed E-state index contributed by atoms with van der Waals surface area (Å²) in [5.74, 6) is 0.980. The number of ether oxygens (including phenoxy) is 1. The van der Waals surface area contributed by atoms with Gasteiger partial charge in [-0.05, 0) is 57.8 Å². The van der Waals surface area contributed by atoms with Crippen molar-refractivity contribution in [1.29, 1.82) is 0 Å². The second kappa shape index (κ2) is 13.2. The van der Waals surface area contributed by atoms with Crippen LogP contribution in [-0.2, 0) is 4.74 Å². The lowest BCUT2D eigenvalue weighted by Crippen LogP contribution is -2.49. The number of halogens is 1. The Kier molecular flexibility index (Phi) is 11.3. The fourth-order valence-corrected chi connectivity index (χ4v) is 4.33. The summed E-state index contributed by atoms with van der Waals surface area (Å²) in [4.78, 5) is 7.07. The van der Waals surface area contributed by atoms with E-state index >= 15 is 0 Å². The first kappa shape index (κ1) is 23.2. The lowest BCUT2D eigenvalue weighted by molar-refractivity contribution is 0.0264. The second-order valence-corrected chi connectivity index (χ2v) is 8.38. The molecule has 0 amide bonds. The van der Waals surface area contributed by atoms with Crippen LogP contribution in [0.3, 0.4) is 0 Å². The predicted octanol–water partition coefficient (Wildman–Crippen LogP) is 3.92. The Morgan fingerprint density at radius 1 is 0.963 bits per heavy atom. The van der Waals surface area contributed by atoms with Crippen LogP contribution in [0, 0.1) is 0 Å². The average molecular weight is 492 g/mol. The Morgan fingerprint density at radius 3 is 2.37 bits per heavy atom. The SMILES string of the molecule is CN=C(NCCCCCOC1CCCCC1)NC1CCN(C2CC2)CC1.I. The van der Waals surface area contributed by atoms with E-state index in [1.54, 1.807) is 0 Å². The number of hydrogen-bond acceptors (Lipinski definition) is 3. The van der Waals surface area contributed by atoms with Gasteiger partial charge in [-0.25, -0.2) is 0 Å². The topological polar surface area (TPSA) is 48.9 Å². The van der Waals surface area contributed by atoms with Gasteiger partial charge in [-0.3, -0.25) is 4.99 Å². The normalized spacial score (nSPS) is 23.1. The number of rotatable bonds is 9. The molecule has 2 N–H and O–H groups in total. The Bertz CT molecular complexity index is 416. The maximum Gasteiger partial charge on any atom is 0.191 e. The van der Waals surface area contributed by atoms with Crippen molar-refractivity contribution in [3.05, 3.63) is 0 Å². The third-order valence-electron chi connectivity index (χ3n) is 6.18. The molecule has 1 saturated heterocycles. The molecule has 6 heteroatoms. The molecule has 3 aliphatic rings. The van der Waals surface area contributed by atoms with Crippen LogP contribution in [0.2, 0.25) is 0 Å². The zero-order valence-electron chi connectivity index (χ0n) is 17.3. The zero-order chi connectivity index (χ0) is 18.0. The highest BCUT2D eigenvalue weighted by molar-refractivity contribution is 14.0. The summed E-state index contributed by atoms with van der Waals surface area (Å²) in [6.45, 7) is 4.45. The number of nitrogens with one attached hydrogen (secondary N) is 2. The van der Waals surface area contributed by atoms with Crippen LogP contribution < -0.4 is 10.6 Å². The van der Waals surface area contributed by atoms with Crippen molar-refractivity contribution in [3.63, 3.8) is 0 Å². The first-order valence-corrected chi connectivity index (χ1v) is 11.2. The van der Waals surface area contributed by atoms with Crippen LogP contribution in [0.5, 0.6) is 0 Å². The summed E-state index contributed by atoms with van der Waals surface area (Å²) in [6.07, 6.45) is 16.2. The lowest BCUT2D eigenvalue weighted by Gasteiger charge is -2.33. The van der Waals surface area contributed by atoms with E-state index in [0.29, 0.717) is 12.1 Å². The Morgan fingerprint density at radius 2 is 1.70 bits per heavy atom. The van der Waals surface area contributed by atoms with Crippen molar-refractivity contribution in [2.45, 2.75) is 95.2 Å². The highest BCUT2D eigenvalue weighted by atomic mass is 127. The van der Waals surface area contributed by atoms with Crippen molar-refractivity contribution in [3.8, 4) is 0 Å². The monoisotopic (exact) mass is 492 g/mol. The predicted molar refractivity (Wildman–Crippen MR) is 124 cm³/mol. The third kappa shape index (κ3) is 8.86. The van der Waals surface area contributed by atoms with Crippen molar-refractivity contribution >= 4 is 29.9 Å². The summed E-state index contributed by atoms with van der Waals surface area (Å²) >= 11 is 0. The van der Waals surface area contributed by atoms with Gasteiger partial charge in [0.2, 0.25) is 0 Å². The van der Waals surface area contributed by atoms with Gasteiger partial charge in [-0.1, -0.05) is 19.3 Å². The van der Waals surface area contributed by atoms with Crippen LogP contribution in [0.15, 0.2) is 4.99 Å². The molecular formula is C21H41IN4O. The van der Waals surface area contributed by atoms with E-state index in [1.165, 1.54) is 90.1 Å². The number of guanidine groups is 1. The number of nitrogens with zero attached hydrogens (tertiary/aromatic N) is 2. The van der Waals surface area contributed by atoms with E-state index in [0.717, 1.165) is 25.2 Å². The zero-order valence-corrected chi connectivity index (χ0v) is 19.6. The fraction of sp³-hybridized carbons (Fsp3) is 0.952. The molecule has 3 fully saturated rings. The van der Waals surface area contributed by atoms with E-state index in [2.05, 4.69) is 20.5 Å². The highest BCUT2D eigenvalue weighted by Crippen LogP contribution is 2.29. The molecule has 3 rings (SSSR count). The number of likely N-dealkylation sites (tertiary alicyclic amines) is 1. The molecule has 158 valence electrons. The molecule has 1 heterocycles. The number of hydrogen-bond donors (Lipinski definition) is 2. The minimum atomic E-state index is 0. The van der Waals surface area contributed by atoms with Gasteiger partial charge < -0.3 is 20.3 Å². The Balaban J connectivity index is 0.00000261. The lowest BCUT2D eigenvalue weighted by atomic mass is 9.98. The van der Waals surface area contributed by atoms with Gasteiger partial charge >= 0.3 is 0 Å². The van der Waals surface area contributed by atoms with Crippen LogP contribution in [0.25, 0.3) is 0 Å². The van der Waals surface area contributed by atoms with Crippen LogP contribution in [0.4, 0.5) is 0 Å². The molecular weight excluding hydrogens is 451 g/mol. The Labute approximate surface area is 183 Å². The minimum Gasteiger partial charge on any atom is -0.378 e. The van der Waals surface area contributed by atoms with Gasteiger partial charge in [-0.15, -0.1) is 24.0 Å². The van der Waals surface area contributed by atoms with Crippen LogP contribution in [0.1, 0.15) is 77.0 Å². The van der Waals surface area contributed by atoms with Gasteiger partial charge in [0, 0.05) is 45.4 Å². The first-order chi connectivity index (χ1) is 12.8. The minimum absolute atomic E-state index is 0. The van der Waals surface area contributed by atoms with E-state index in [4.69, 9.17) is 4.74 Å². The second-order valence-electron chi connectivity index (χ2n) is 8.38. The van der Waals surface area contributed by atoms with Gasteiger partial charge in [0.15, 0.2) is 5.96 Å². The molecule has 5 nitrogen and oxygen atoms in total. The van der Waals surface area contributed by atoms with Gasteiger partial charge in [0.25, 0.3) is 0 Å². The fourth-order valence-electron chi connectivity index (χ4n) is 4.33. The summed E-state index contributed by atoms with van der Waals surface area (Å²) < 4.78 is 6.00. The Hall–Kier alpha value is -0.0800. The molecule has 0 aromatic carbocycles. The molecule has 0 aromatic heterocycles. The smallest absolute Gasteiger partial charge is 0.191 e. The molecule has 0 atom stereocenters. The summed E-state index contributed by atoms with van der Waals surface area (Å²) in [7, 11) is 1.88. The van der Waals surface area contributed by atoms with Crippen LogP contribution in [-0.4, -0.2) is 62.3 Å².